The van der Waals surface area contributed by atoms with Gasteiger partial charge in [-0.15, -0.1) is 0 Å². The van der Waals surface area contributed by atoms with E-state index in [0.29, 0.717) is 14.9 Å². The lowest BCUT2D eigenvalue weighted by Gasteiger charge is -2.03. The van der Waals surface area contributed by atoms with E-state index in [1.54, 1.807) is 0 Å². The zero-order chi connectivity index (χ0) is 15.1. The molecule has 0 spiro atoms. The molecule has 3 aromatic rings. The number of carbonyl (C=O) groups is 1. The lowest BCUT2D eigenvalue weighted by molar-refractivity contribution is 0.0701. The maximum Gasteiger partial charge on any atom is 0.347 e. The van der Waals surface area contributed by atoms with Crippen molar-refractivity contribution in [1.29, 1.82) is 0 Å². The van der Waals surface area contributed by atoms with Crippen LogP contribution in [0.25, 0.3) is 16.2 Å². The number of aromatic nitrogens is 2. The van der Waals surface area contributed by atoms with Gasteiger partial charge in [0.2, 0.25) is 0 Å². The molecule has 2 heterocycles. The van der Waals surface area contributed by atoms with Crippen molar-refractivity contribution in [2.24, 2.45) is 0 Å². The molecule has 0 bridgehead atoms. The van der Waals surface area contributed by atoms with Gasteiger partial charge >= 0.3 is 5.97 Å². The van der Waals surface area contributed by atoms with Gasteiger partial charge in [-0.05, 0) is 25.5 Å². The molecule has 1 aromatic carbocycles. The van der Waals surface area contributed by atoms with Gasteiger partial charge in [0.15, 0.2) is 4.96 Å². The number of fused-ring (bicyclic) bond motifs is 1. The van der Waals surface area contributed by atoms with Crippen molar-refractivity contribution in [2.45, 2.75) is 20.3 Å². The zero-order valence-corrected chi connectivity index (χ0v) is 13.1. The summed E-state index contributed by atoms with van der Waals surface area (Å²) in [5.41, 5.74) is 3.63. The second-order valence-corrected chi connectivity index (χ2v) is 6.12. The number of carboxylic acids is 1. The van der Waals surface area contributed by atoms with Crippen molar-refractivity contribution >= 4 is 33.9 Å². The molecule has 4 nitrogen and oxygen atoms in total. The molecule has 0 aliphatic rings. The quantitative estimate of drug-likeness (QED) is 0.783. The largest absolute Gasteiger partial charge is 0.477 e. The fraction of sp³-hybridized carbons (Fsp3) is 0.200. The Morgan fingerprint density at radius 3 is 2.62 bits per heavy atom. The lowest BCUT2D eigenvalue weighted by atomic mass is 10.1. The van der Waals surface area contributed by atoms with Gasteiger partial charge in [0.1, 0.15) is 4.88 Å². The van der Waals surface area contributed by atoms with Crippen molar-refractivity contribution in [2.75, 3.05) is 0 Å². The first-order chi connectivity index (χ1) is 10.0. The lowest BCUT2D eigenvalue weighted by Crippen LogP contribution is -1.99. The Kier molecular flexibility index (Phi) is 3.47. The first-order valence-electron chi connectivity index (χ1n) is 6.53. The monoisotopic (exact) mass is 320 g/mol. The fourth-order valence-corrected chi connectivity index (χ4v) is 3.59. The molecule has 0 saturated heterocycles. The number of nitrogens with zero attached hydrogens (tertiary/aromatic N) is 2. The van der Waals surface area contributed by atoms with Gasteiger partial charge < -0.3 is 5.11 Å². The van der Waals surface area contributed by atoms with Gasteiger partial charge in [-0.1, -0.05) is 42.0 Å². The number of aryl methyl sites for hydroxylation is 2. The van der Waals surface area contributed by atoms with E-state index in [0.717, 1.165) is 29.1 Å². The first-order valence-corrected chi connectivity index (χ1v) is 7.72. The molecule has 0 saturated carbocycles. The summed E-state index contributed by atoms with van der Waals surface area (Å²) in [5, 5.41) is 9.90. The number of thiazole rings is 1. The predicted octanol–water partition coefficient (Wildman–Crippen LogP) is 4.29. The van der Waals surface area contributed by atoms with E-state index in [1.165, 1.54) is 11.3 Å². The summed E-state index contributed by atoms with van der Waals surface area (Å²) in [4.78, 5) is 16.9. The van der Waals surface area contributed by atoms with E-state index >= 15 is 0 Å². The van der Waals surface area contributed by atoms with Crippen LogP contribution in [-0.2, 0) is 6.42 Å². The number of hydrogen-bond acceptors (Lipinski definition) is 3. The van der Waals surface area contributed by atoms with Crippen molar-refractivity contribution in [3.05, 3.63) is 45.6 Å². The molecule has 0 aliphatic heterocycles. The molecule has 3 rings (SSSR count). The molecule has 108 valence electrons. The summed E-state index contributed by atoms with van der Waals surface area (Å²) in [7, 11) is 0. The van der Waals surface area contributed by atoms with Crippen LogP contribution in [0, 0.1) is 6.92 Å². The number of carboxylic acid groups (broad SMARTS) is 1. The average Bonchev–Trinajstić information content (AvgIpc) is 2.97. The van der Waals surface area contributed by atoms with Crippen molar-refractivity contribution in [3.8, 4) is 11.3 Å². The Balaban J connectivity index is 2.25. The van der Waals surface area contributed by atoms with Crippen LogP contribution in [0.1, 0.15) is 28.0 Å². The number of hydrogen-bond donors (Lipinski definition) is 1. The van der Waals surface area contributed by atoms with Crippen LogP contribution in [0.15, 0.2) is 24.3 Å². The van der Waals surface area contributed by atoms with Crippen LogP contribution in [0.4, 0.5) is 0 Å². The molecule has 0 radical (unpaired) electrons. The summed E-state index contributed by atoms with van der Waals surface area (Å²) >= 11 is 7.13. The third-order valence-corrected chi connectivity index (χ3v) is 4.83. The van der Waals surface area contributed by atoms with E-state index in [9.17, 15) is 9.90 Å². The third kappa shape index (κ3) is 2.22. The highest BCUT2D eigenvalue weighted by Crippen LogP contribution is 2.31. The van der Waals surface area contributed by atoms with Crippen molar-refractivity contribution in [1.82, 2.24) is 9.38 Å². The second kappa shape index (κ2) is 5.16. The number of imidazole rings is 1. The normalized spacial score (nSPS) is 11.2. The molecule has 21 heavy (non-hydrogen) atoms. The number of benzene rings is 1. The average molecular weight is 321 g/mol. The second-order valence-electron chi connectivity index (χ2n) is 4.71. The van der Waals surface area contributed by atoms with Crippen LogP contribution in [0.5, 0.6) is 0 Å². The molecule has 1 N–H and O–H groups in total. The molecule has 0 amide bonds. The molecular weight excluding hydrogens is 308 g/mol. The van der Waals surface area contributed by atoms with E-state index in [4.69, 9.17) is 11.6 Å². The molecule has 2 aromatic heterocycles. The summed E-state index contributed by atoms with van der Waals surface area (Å²) in [6.07, 6.45) is 0.774. The Labute approximate surface area is 130 Å². The highest BCUT2D eigenvalue weighted by Gasteiger charge is 2.21. The molecule has 0 fully saturated rings. The van der Waals surface area contributed by atoms with Crippen LogP contribution in [0.3, 0.4) is 0 Å². The molecule has 0 atom stereocenters. The first kappa shape index (κ1) is 14.1. The van der Waals surface area contributed by atoms with Gasteiger partial charge in [0.25, 0.3) is 0 Å². The van der Waals surface area contributed by atoms with Gasteiger partial charge in [0.05, 0.1) is 11.4 Å². The smallest absolute Gasteiger partial charge is 0.347 e. The standard InChI is InChI=1S/C15H13ClN2O2S/c1-3-11-12(9-4-6-10(16)7-5-9)17-15-18(11)8(2)13(21-15)14(19)20/h4-7H,3H2,1-2H3,(H,19,20). The summed E-state index contributed by atoms with van der Waals surface area (Å²) in [6.45, 7) is 3.86. The van der Waals surface area contributed by atoms with Crippen LogP contribution in [0.2, 0.25) is 5.02 Å². The van der Waals surface area contributed by atoms with Crippen molar-refractivity contribution < 1.29 is 9.90 Å². The Hall–Kier alpha value is -1.85. The van der Waals surface area contributed by atoms with E-state index in [-0.39, 0.29) is 0 Å². The molecule has 0 unspecified atom stereocenters. The number of rotatable bonds is 3. The molecule has 6 heteroatoms. The molecule has 0 aliphatic carbocycles. The number of aromatic carboxylic acids is 1. The van der Waals surface area contributed by atoms with Gasteiger partial charge in [-0.25, -0.2) is 9.78 Å². The summed E-state index contributed by atoms with van der Waals surface area (Å²) in [5.74, 6) is -0.905. The predicted molar refractivity (Wildman–Crippen MR) is 84.6 cm³/mol. The van der Waals surface area contributed by atoms with Crippen LogP contribution in [-0.4, -0.2) is 20.5 Å². The van der Waals surface area contributed by atoms with Crippen molar-refractivity contribution in [3.63, 3.8) is 0 Å². The minimum absolute atomic E-state index is 0.342. The number of halogens is 1. The summed E-state index contributed by atoms with van der Waals surface area (Å²) < 4.78 is 1.94. The van der Waals surface area contributed by atoms with Gasteiger partial charge in [-0.2, -0.15) is 0 Å². The SMILES string of the molecule is CCc1c(-c2ccc(Cl)cc2)nc2sc(C(=O)O)c(C)n12. The van der Waals surface area contributed by atoms with Crippen LogP contribution < -0.4 is 0 Å². The summed E-state index contributed by atoms with van der Waals surface area (Å²) in [6, 6.07) is 7.53. The van der Waals surface area contributed by atoms with Gasteiger partial charge in [-0.3, -0.25) is 4.40 Å². The highest BCUT2D eigenvalue weighted by atomic mass is 35.5. The van der Waals surface area contributed by atoms with E-state index in [1.807, 2.05) is 42.5 Å². The zero-order valence-electron chi connectivity index (χ0n) is 11.6. The third-order valence-electron chi connectivity index (χ3n) is 3.45. The van der Waals surface area contributed by atoms with E-state index < -0.39 is 5.97 Å². The maximum absolute atomic E-state index is 11.2. The van der Waals surface area contributed by atoms with Crippen LogP contribution >= 0.6 is 22.9 Å². The van der Waals surface area contributed by atoms with Gasteiger partial charge in [0, 0.05) is 16.3 Å². The Bertz CT molecular complexity index is 834. The minimum atomic E-state index is -0.905. The minimum Gasteiger partial charge on any atom is -0.477 e. The van der Waals surface area contributed by atoms with E-state index in [2.05, 4.69) is 4.98 Å². The molecular formula is C15H13ClN2O2S. The maximum atomic E-state index is 11.2. The Morgan fingerprint density at radius 1 is 1.38 bits per heavy atom. The Morgan fingerprint density at radius 2 is 2.05 bits per heavy atom. The fourth-order valence-electron chi connectivity index (χ4n) is 2.48. The topological polar surface area (TPSA) is 54.6 Å². The highest BCUT2D eigenvalue weighted by molar-refractivity contribution is 7.19.